The molecule has 0 aliphatic carbocycles. The first-order valence-corrected chi connectivity index (χ1v) is 11.7. The van der Waals surface area contributed by atoms with Gasteiger partial charge in [0, 0.05) is 50.0 Å². The van der Waals surface area contributed by atoms with Gasteiger partial charge in [-0.25, -0.2) is 4.98 Å². The van der Waals surface area contributed by atoms with Crippen LogP contribution in [0.5, 0.6) is 0 Å². The number of nitrogens with zero attached hydrogens (tertiary/aromatic N) is 3. The Morgan fingerprint density at radius 3 is 2.58 bits per heavy atom. The van der Waals surface area contributed by atoms with E-state index in [0.717, 1.165) is 63.1 Å². The fraction of sp³-hybridized carbons (Fsp3) is 0.542. The lowest BCUT2D eigenvalue weighted by atomic mass is 9.74. The lowest BCUT2D eigenvalue weighted by Crippen LogP contribution is -2.45. The van der Waals surface area contributed by atoms with Gasteiger partial charge in [-0.2, -0.15) is 4.98 Å². The highest BCUT2D eigenvalue weighted by Crippen LogP contribution is 2.34. The normalized spacial score (nSPS) is 19.1. The number of anilines is 2. The Labute approximate surface area is 190 Å². The molecule has 0 atom stereocenters. The highest BCUT2D eigenvalue weighted by atomic mass is 32.1. The Morgan fingerprint density at radius 1 is 1.16 bits per heavy atom. The van der Waals surface area contributed by atoms with Crippen LogP contribution in [-0.4, -0.2) is 47.9 Å². The third-order valence-electron chi connectivity index (χ3n) is 6.60. The predicted octanol–water partition coefficient (Wildman–Crippen LogP) is 4.06. The molecule has 0 saturated carbocycles. The first-order chi connectivity index (χ1) is 15.0. The minimum atomic E-state index is 0.0222. The van der Waals surface area contributed by atoms with E-state index in [-0.39, 0.29) is 5.41 Å². The summed E-state index contributed by atoms with van der Waals surface area (Å²) in [6, 6.07) is 12.7. The summed E-state index contributed by atoms with van der Waals surface area (Å²) < 4.78 is 5.64. The van der Waals surface area contributed by atoms with E-state index in [1.54, 1.807) is 0 Å². The Morgan fingerprint density at radius 2 is 1.87 bits per heavy atom. The minimum Gasteiger partial charge on any atom is -0.381 e. The van der Waals surface area contributed by atoms with E-state index in [0.29, 0.717) is 11.1 Å². The number of hydrogen-bond donors (Lipinski definition) is 2. The molecule has 2 fully saturated rings. The number of aryl methyl sites for hydroxylation is 1. The molecule has 2 N–H and O–H groups in total. The molecule has 2 saturated heterocycles. The van der Waals surface area contributed by atoms with Crippen molar-refractivity contribution in [2.24, 2.45) is 5.92 Å². The average molecular weight is 440 g/mol. The summed E-state index contributed by atoms with van der Waals surface area (Å²) in [4.78, 5) is 11.7. The maximum Gasteiger partial charge on any atom is 0.231 e. The Bertz CT molecular complexity index is 877. The van der Waals surface area contributed by atoms with Crippen LogP contribution >= 0.6 is 12.2 Å². The minimum absolute atomic E-state index is 0.0222. The number of nitrogens with one attached hydrogen (secondary N) is 2. The molecule has 3 heterocycles. The summed E-state index contributed by atoms with van der Waals surface area (Å²) in [5.74, 6) is 2.33. The second-order valence-corrected chi connectivity index (χ2v) is 9.34. The van der Waals surface area contributed by atoms with Crippen molar-refractivity contribution in [3.05, 3.63) is 47.7 Å². The van der Waals surface area contributed by atoms with Crippen molar-refractivity contribution in [2.75, 3.05) is 43.1 Å². The van der Waals surface area contributed by atoms with E-state index in [9.17, 15) is 0 Å². The number of aromatic nitrogens is 2. The predicted molar refractivity (Wildman–Crippen MR) is 130 cm³/mol. The first kappa shape index (κ1) is 22.0. The number of ether oxygens (including phenoxy) is 1. The Balaban J connectivity index is 1.41. The van der Waals surface area contributed by atoms with Gasteiger partial charge in [-0.1, -0.05) is 37.3 Å². The highest BCUT2D eigenvalue weighted by molar-refractivity contribution is 7.80. The molecule has 4 rings (SSSR count). The molecule has 1 aromatic heterocycles. The maximum absolute atomic E-state index is 5.64. The fourth-order valence-corrected chi connectivity index (χ4v) is 4.69. The lowest BCUT2D eigenvalue weighted by Gasteiger charge is -2.38. The Kier molecular flexibility index (Phi) is 7.02. The van der Waals surface area contributed by atoms with Gasteiger partial charge in [0.1, 0.15) is 5.82 Å². The van der Waals surface area contributed by atoms with E-state index < -0.39 is 0 Å². The molecule has 0 radical (unpaired) electrons. The van der Waals surface area contributed by atoms with Crippen LogP contribution in [0.4, 0.5) is 11.8 Å². The molecule has 7 heteroatoms. The SMILES string of the molecule is Cc1cc(N2CCC(C)CC2)nc(NC(=S)NCC2(c3ccccc3)CCOCC2)n1. The smallest absolute Gasteiger partial charge is 0.231 e. The zero-order chi connectivity index (χ0) is 21.7. The molecule has 2 aliphatic heterocycles. The molecule has 0 unspecified atom stereocenters. The first-order valence-electron chi connectivity index (χ1n) is 11.3. The molecule has 2 aliphatic rings. The monoisotopic (exact) mass is 439 g/mol. The molecule has 6 nitrogen and oxygen atoms in total. The van der Waals surface area contributed by atoms with E-state index >= 15 is 0 Å². The van der Waals surface area contributed by atoms with Crippen LogP contribution in [0.3, 0.4) is 0 Å². The summed E-state index contributed by atoms with van der Waals surface area (Å²) in [6.45, 7) is 8.72. The van der Waals surface area contributed by atoms with E-state index in [1.807, 2.05) is 6.92 Å². The molecule has 166 valence electrons. The summed E-state index contributed by atoms with van der Waals surface area (Å²) >= 11 is 5.62. The zero-order valence-corrected chi connectivity index (χ0v) is 19.4. The second kappa shape index (κ2) is 9.92. The van der Waals surface area contributed by atoms with Crippen LogP contribution < -0.4 is 15.5 Å². The standard InChI is InChI=1S/C24H33N5OS/c1-18-8-12-29(13-9-18)21-16-19(2)26-22(27-21)28-23(31)25-17-24(10-14-30-15-11-24)20-6-4-3-5-7-20/h3-7,16,18H,8-15,17H2,1-2H3,(H2,25,26,27,28,31). The van der Waals surface area contributed by atoms with Gasteiger partial charge in [-0.3, -0.25) is 0 Å². The van der Waals surface area contributed by atoms with Crippen molar-refractivity contribution in [2.45, 2.75) is 44.9 Å². The van der Waals surface area contributed by atoms with E-state index in [2.05, 4.69) is 63.8 Å². The van der Waals surface area contributed by atoms with Gasteiger partial charge in [0.15, 0.2) is 5.11 Å². The van der Waals surface area contributed by atoms with Crippen LogP contribution in [0.2, 0.25) is 0 Å². The Hall–Kier alpha value is -2.25. The lowest BCUT2D eigenvalue weighted by molar-refractivity contribution is 0.0515. The van der Waals surface area contributed by atoms with Crippen molar-refractivity contribution in [3.8, 4) is 0 Å². The molecule has 0 bridgehead atoms. The van der Waals surface area contributed by atoms with Crippen molar-refractivity contribution >= 4 is 29.1 Å². The topological polar surface area (TPSA) is 62.3 Å². The molecule has 0 spiro atoms. The van der Waals surface area contributed by atoms with Gasteiger partial charge < -0.3 is 20.3 Å². The maximum atomic E-state index is 5.64. The molecular formula is C24H33N5OS. The molecule has 31 heavy (non-hydrogen) atoms. The van der Waals surface area contributed by atoms with Crippen LogP contribution in [0, 0.1) is 12.8 Å². The van der Waals surface area contributed by atoms with Crippen molar-refractivity contribution in [3.63, 3.8) is 0 Å². The molecule has 2 aromatic rings. The number of thiocarbonyl (C=S) groups is 1. The summed E-state index contributed by atoms with van der Waals surface area (Å²) in [5, 5.41) is 7.22. The molecule has 0 amide bonds. The van der Waals surface area contributed by atoms with Crippen molar-refractivity contribution in [1.82, 2.24) is 15.3 Å². The quantitative estimate of drug-likeness (QED) is 0.681. The summed E-state index contributed by atoms with van der Waals surface area (Å²) in [6.07, 6.45) is 4.37. The number of hydrogen-bond acceptors (Lipinski definition) is 5. The van der Waals surface area contributed by atoms with Gasteiger partial charge in [-0.05, 0) is 56.3 Å². The molecule has 1 aromatic carbocycles. The number of benzene rings is 1. The third-order valence-corrected chi connectivity index (χ3v) is 6.84. The van der Waals surface area contributed by atoms with Crippen LogP contribution in [0.15, 0.2) is 36.4 Å². The van der Waals surface area contributed by atoms with Gasteiger partial charge >= 0.3 is 0 Å². The van der Waals surface area contributed by atoms with Crippen LogP contribution in [0.1, 0.15) is 43.9 Å². The number of piperidine rings is 1. The fourth-order valence-electron chi connectivity index (χ4n) is 4.52. The van der Waals surface area contributed by atoms with Gasteiger partial charge in [0.2, 0.25) is 5.95 Å². The zero-order valence-electron chi connectivity index (χ0n) is 18.6. The van der Waals surface area contributed by atoms with Gasteiger partial charge in [0.25, 0.3) is 0 Å². The highest BCUT2D eigenvalue weighted by Gasteiger charge is 2.34. The second-order valence-electron chi connectivity index (χ2n) is 8.93. The summed E-state index contributed by atoms with van der Waals surface area (Å²) in [7, 11) is 0. The molecular weight excluding hydrogens is 406 g/mol. The van der Waals surface area contributed by atoms with E-state index in [4.69, 9.17) is 21.9 Å². The van der Waals surface area contributed by atoms with Crippen molar-refractivity contribution in [1.29, 1.82) is 0 Å². The van der Waals surface area contributed by atoms with Gasteiger partial charge in [-0.15, -0.1) is 0 Å². The number of rotatable bonds is 5. The summed E-state index contributed by atoms with van der Waals surface area (Å²) in [5.41, 5.74) is 2.30. The largest absolute Gasteiger partial charge is 0.381 e. The third kappa shape index (κ3) is 5.52. The van der Waals surface area contributed by atoms with Gasteiger partial charge in [0.05, 0.1) is 0 Å². The van der Waals surface area contributed by atoms with E-state index in [1.165, 1.54) is 18.4 Å². The van der Waals surface area contributed by atoms with Crippen LogP contribution in [-0.2, 0) is 10.2 Å². The van der Waals surface area contributed by atoms with Crippen molar-refractivity contribution < 1.29 is 4.74 Å². The average Bonchev–Trinajstić information content (AvgIpc) is 2.79. The van der Waals surface area contributed by atoms with Crippen LogP contribution in [0.25, 0.3) is 0 Å².